The molecule has 1 spiro atoms. The van der Waals surface area contributed by atoms with Crippen molar-refractivity contribution in [2.75, 3.05) is 0 Å². The highest BCUT2D eigenvalue weighted by Crippen LogP contribution is 2.56. The van der Waals surface area contributed by atoms with E-state index in [1.807, 2.05) is 12.1 Å². The van der Waals surface area contributed by atoms with Crippen molar-refractivity contribution >= 4 is 11.8 Å². The van der Waals surface area contributed by atoms with E-state index in [9.17, 15) is 20.1 Å². The summed E-state index contributed by atoms with van der Waals surface area (Å²) in [6, 6.07) is 4.09. The molecule has 0 bridgehead atoms. The summed E-state index contributed by atoms with van der Waals surface area (Å²) in [6.45, 7) is 4.31. The summed E-state index contributed by atoms with van der Waals surface area (Å²) in [5.41, 5.74) is -0.570. The van der Waals surface area contributed by atoms with Gasteiger partial charge in [-0.1, -0.05) is 26.7 Å². The average molecular weight is 287 g/mol. The molecular weight excluding hydrogens is 266 g/mol. The highest BCUT2D eigenvalue weighted by molar-refractivity contribution is 6.03. The number of rotatable bonds is 2. The van der Waals surface area contributed by atoms with Crippen LogP contribution in [0.3, 0.4) is 0 Å². The van der Waals surface area contributed by atoms with Gasteiger partial charge in [0.1, 0.15) is 11.8 Å². The molecule has 5 heteroatoms. The first-order valence-corrected chi connectivity index (χ1v) is 7.62. The fraction of sp³-hybridized carbons (Fsp3) is 0.750. The summed E-state index contributed by atoms with van der Waals surface area (Å²) >= 11 is 0. The predicted octanol–water partition coefficient (Wildman–Crippen LogP) is 2.29. The minimum Gasteiger partial charge on any atom is -0.294 e. The van der Waals surface area contributed by atoms with Gasteiger partial charge in [0.05, 0.1) is 12.1 Å². The second-order valence-electron chi connectivity index (χ2n) is 6.42. The minimum atomic E-state index is -0.897. The number of carbonyl (C=O) groups is 2. The van der Waals surface area contributed by atoms with Crippen LogP contribution < -0.4 is 5.32 Å². The molecule has 2 atom stereocenters. The van der Waals surface area contributed by atoms with Crippen LogP contribution in [0.15, 0.2) is 0 Å². The number of hydrogen-bond acceptors (Lipinski definition) is 4. The number of imide groups is 1. The third-order valence-corrected chi connectivity index (χ3v) is 5.92. The highest BCUT2D eigenvalue weighted by atomic mass is 16.2. The molecule has 1 saturated carbocycles. The molecular formula is C16H21N3O2. The van der Waals surface area contributed by atoms with Crippen molar-refractivity contribution < 1.29 is 9.59 Å². The summed E-state index contributed by atoms with van der Waals surface area (Å²) in [4.78, 5) is 24.0. The van der Waals surface area contributed by atoms with Crippen molar-refractivity contribution in [2.24, 2.45) is 22.7 Å². The van der Waals surface area contributed by atoms with Gasteiger partial charge in [-0.25, -0.2) is 0 Å². The van der Waals surface area contributed by atoms with Gasteiger partial charge in [0.15, 0.2) is 0 Å². The molecule has 0 aromatic heterocycles. The Bertz CT molecular complexity index is 493. The topological polar surface area (TPSA) is 93.8 Å². The van der Waals surface area contributed by atoms with E-state index in [-0.39, 0.29) is 5.41 Å². The van der Waals surface area contributed by atoms with E-state index in [1.54, 1.807) is 0 Å². The summed E-state index contributed by atoms with van der Waals surface area (Å²) in [5.74, 6) is -2.86. The first kappa shape index (κ1) is 15.5. The molecule has 2 unspecified atom stereocenters. The van der Waals surface area contributed by atoms with Crippen LogP contribution in [-0.2, 0) is 9.59 Å². The molecule has 1 aliphatic heterocycles. The maximum absolute atomic E-state index is 12.0. The van der Waals surface area contributed by atoms with Crippen molar-refractivity contribution in [1.29, 1.82) is 10.5 Å². The lowest BCUT2D eigenvalue weighted by molar-refractivity contribution is -0.148. The molecule has 1 heterocycles. The lowest BCUT2D eigenvalue weighted by Crippen LogP contribution is -2.59. The van der Waals surface area contributed by atoms with Crippen molar-refractivity contribution in [2.45, 2.75) is 52.4 Å². The first-order valence-electron chi connectivity index (χ1n) is 7.62. The number of piperidine rings is 1. The van der Waals surface area contributed by atoms with Gasteiger partial charge in [-0.15, -0.1) is 0 Å². The average Bonchev–Trinajstić information content (AvgIpc) is 2.49. The second-order valence-corrected chi connectivity index (χ2v) is 6.42. The standard InChI is InChI=1S/C16H21N3O2/c1-3-15(4-2)5-7-16(8-6-15)11(9-17)13(20)19-14(21)12(16)10-18/h11-12H,3-8H2,1-2H3,(H,19,20,21). The molecule has 21 heavy (non-hydrogen) atoms. The molecule has 0 aromatic carbocycles. The molecule has 112 valence electrons. The zero-order valence-electron chi connectivity index (χ0n) is 12.6. The maximum Gasteiger partial charge on any atom is 0.244 e. The third kappa shape index (κ3) is 2.21. The van der Waals surface area contributed by atoms with Crippen LogP contribution in [0.4, 0.5) is 0 Å². The van der Waals surface area contributed by atoms with Crippen LogP contribution in [0, 0.1) is 45.3 Å². The smallest absolute Gasteiger partial charge is 0.244 e. The lowest BCUT2D eigenvalue weighted by atomic mass is 9.52. The predicted molar refractivity (Wildman–Crippen MR) is 75.3 cm³/mol. The first-order chi connectivity index (χ1) is 9.98. The van der Waals surface area contributed by atoms with Gasteiger partial charge < -0.3 is 0 Å². The van der Waals surface area contributed by atoms with Gasteiger partial charge in [-0.3, -0.25) is 14.9 Å². The Balaban J connectivity index is 2.38. The molecule has 1 aliphatic carbocycles. The summed E-state index contributed by atoms with van der Waals surface area (Å²) in [6.07, 6.45) is 5.05. The number of hydrogen-bond donors (Lipinski definition) is 1. The number of carbonyl (C=O) groups excluding carboxylic acids is 2. The Kier molecular flexibility index (Phi) is 4.05. The lowest BCUT2D eigenvalue weighted by Gasteiger charge is -2.50. The van der Waals surface area contributed by atoms with Gasteiger partial charge in [0.25, 0.3) is 0 Å². The quantitative estimate of drug-likeness (QED) is 0.788. The van der Waals surface area contributed by atoms with E-state index in [2.05, 4.69) is 19.2 Å². The van der Waals surface area contributed by atoms with Crippen LogP contribution in [0.5, 0.6) is 0 Å². The normalized spacial score (nSPS) is 30.3. The van der Waals surface area contributed by atoms with E-state index in [0.717, 1.165) is 25.7 Å². The molecule has 1 saturated heterocycles. The van der Waals surface area contributed by atoms with Gasteiger partial charge in [-0.05, 0) is 31.1 Å². The van der Waals surface area contributed by atoms with Crippen LogP contribution >= 0.6 is 0 Å². The maximum atomic E-state index is 12.0. The molecule has 1 N–H and O–H groups in total. The monoisotopic (exact) mass is 287 g/mol. The van der Waals surface area contributed by atoms with E-state index < -0.39 is 29.1 Å². The zero-order chi connectivity index (χ0) is 15.7. The van der Waals surface area contributed by atoms with E-state index >= 15 is 0 Å². The van der Waals surface area contributed by atoms with Crippen molar-refractivity contribution in [3.8, 4) is 12.1 Å². The molecule has 0 radical (unpaired) electrons. The van der Waals surface area contributed by atoms with Crippen molar-refractivity contribution in [3.05, 3.63) is 0 Å². The Morgan fingerprint density at radius 3 is 1.76 bits per heavy atom. The number of nitrogens with zero attached hydrogens (tertiary/aromatic N) is 2. The summed E-state index contributed by atoms with van der Waals surface area (Å²) in [5, 5.41) is 21.0. The highest BCUT2D eigenvalue weighted by Gasteiger charge is 2.58. The van der Waals surface area contributed by atoms with Gasteiger partial charge >= 0.3 is 0 Å². The van der Waals surface area contributed by atoms with Crippen LogP contribution in [0.2, 0.25) is 0 Å². The fourth-order valence-electron chi connectivity index (χ4n) is 4.11. The summed E-state index contributed by atoms with van der Waals surface area (Å²) in [7, 11) is 0. The number of nitrogens with one attached hydrogen (secondary N) is 1. The van der Waals surface area contributed by atoms with Crippen molar-refractivity contribution in [3.63, 3.8) is 0 Å². The molecule has 2 fully saturated rings. The Morgan fingerprint density at radius 1 is 1.00 bits per heavy atom. The largest absolute Gasteiger partial charge is 0.294 e. The molecule has 0 aromatic rings. The van der Waals surface area contributed by atoms with E-state index in [4.69, 9.17) is 0 Å². The molecule has 5 nitrogen and oxygen atoms in total. The van der Waals surface area contributed by atoms with Gasteiger partial charge in [-0.2, -0.15) is 10.5 Å². The minimum absolute atomic E-state index is 0.224. The Hall–Kier alpha value is -1.88. The van der Waals surface area contributed by atoms with E-state index in [0.29, 0.717) is 12.8 Å². The molecule has 2 rings (SSSR count). The SMILES string of the molecule is CCC1(CC)CCC2(CC1)C(C#N)C(=O)NC(=O)C2C#N. The van der Waals surface area contributed by atoms with Crippen LogP contribution in [-0.4, -0.2) is 11.8 Å². The fourth-order valence-corrected chi connectivity index (χ4v) is 4.11. The van der Waals surface area contributed by atoms with Crippen LogP contribution in [0.25, 0.3) is 0 Å². The number of amides is 2. The Morgan fingerprint density at radius 2 is 1.43 bits per heavy atom. The zero-order valence-corrected chi connectivity index (χ0v) is 12.6. The summed E-state index contributed by atoms with van der Waals surface area (Å²) < 4.78 is 0. The van der Waals surface area contributed by atoms with Crippen LogP contribution in [0.1, 0.15) is 52.4 Å². The third-order valence-electron chi connectivity index (χ3n) is 5.92. The molecule has 2 amide bonds. The second kappa shape index (κ2) is 5.48. The van der Waals surface area contributed by atoms with Gasteiger partial charge in [0.2, 0.25) is 11.8 Å². The van der Waals surface area contributed by atoms with Gasteiger partial charge in [0, 0.05) is 5.41 Å². The molecule has 2 aliphatic rings. The van der Waals surface area contributed by atoms with Crippen molar-refractivity contribution in [1.82, 2.24) is 5.32 Å². The Labute approximate surface area is 125 Å². The number of nitriles is 2. The van der Waals surface area contributed by atoms with E-state index in [1.165, 1.54) is 0 Å².